The van der Waals surface area contributed by atoms with Gasteiger partial charge in [0.25, 0.3) is 5.91 Å². The van der Waals surface area contributed by atoms with E-state index in [0.29, 0.717) is 17.3 Å². The molecule has 0 atom stereocenters. The number of nitrogens with zero attached hydrogens (tertiary/aromatic N) is 3. The fourth-order valence-corrected chi connectivity index (χ4v) is 2.72. The molecular weight excluding hydrogens is 252 g/mol. The zero-order chi connectivity index (χ0) is 14.9. The molecule has 1 aromatic heterocycles. The summed E-state index contributed by atoms with van der Waals surface area (Å²) in [6.45, 7) is 8.66. The van der Waals surface area contributed by atoms with Gasteiger partial charge in [-0.15, -0.1) is 5.10 Å². The van der Waals surface area contributed by atoms with E-state index in [2.05, 4.69) is 29.0 Å². The highest BCUT2D eigenvalue weighted by Gasteiger charge is 2.31. The number of carbonyl (C=O) groups is 1. The number of hydrogen-bond donors (Lipinski definition) is 1. The Morgan fingerprint density at radius 3 is 2.45 bits per heavy atom. The second kappa shape index (κ2) is 5.54. The second-order valence-corrected chi connectivity index (χ2v) is 7.01. The van der Waals surface area contributed by atoms with Gasteiger partial charge in [-0.3, -0.25) is 9.89 Å². The third kappa shape index (κ3) is 3.19. The van der Waals surface area contributed by atoms with Crippen LogP contribution >= 0.6 is 0 Å². The van der Waals surface area contributed by atoms with Crippen molar-refractivity contribution in [1.29, 1.82) is 0 Å². The number of aromatic nitrogens is 3. The van der Waals surface area contributed by atoms with Gasteiger partial charge in [0.1, 0.15) is 5.82 Å². The van der Waals surface area contributed by atoms with Crippen LogP contribution in [0.1, 0.15) is 75.7 Å². The summed E-state index contributed by atoms with van der Waals surface area (Å²) in [6.07, 6.45) is 4.47. The van der Waals surface area contributed by atoms with Gasteiger partial charge in [-0.05, 0) is 31.1 Å². The fourth-order valence-electron chi connectivity index (χ4n) is 2.72. The first-order valence-electron chi connectivity index (χ1n) is 7.49. The summed E-state index contributed by atoms with van der Waals surface area (Å²) < 4.78 is 0. The Kier molecular flexibility index (Phi) is 4.16. The molecule has 1 aliphatic carbocycles. The molecule has 5 nitrogen and oxygen atoms in total. The number of hydrogen-bond acceptors (Lipinski definition) is 3. The Labute approximate surface area is 121 Å². The molecule has 2 rings (SSSR count). The van der Waals surface area contributed by atoms with Gasteiger partial charge >= 0.3 is 0 Å². The predicted octanol–water partition coefficient (Wildman–Crippen LogP) is 2.97. The minimum Gasteiger partial charge on any atom is -0.336 e. The lowest BCUT2D eigenvalue weighted by Gasteiger charge is -2.38. The van der Waals surface area contributed by atoms with Crippen LogP contribution in [0.15, 0.2) is 0 Å². The molecule has 0 unspecified atom stereocenters. The summed E-state index contributed by atoms with van der Waals surface area (Å²) in [6, 6.07) is 0.316. The lowest BCUT2D eigenvalue weighted by atomic mass is 9.75. The van der Waals surface area contributed by atoms with Crippen molar-refractivity contribution >= 4 is 5.91 Å². The van der Waals surface area contributed by atoms with Crippen LogP contribution in [-0.2, 0) is 0 Å². The molecule has 1 heterocycles. The largest absolute Gasteiger partial charge is 0.336 e. The topological polar surface area (TPSA) is 61.9 Å². The third-order valence-corrected chi connectivity index (χ3v) is 4.42. The molecule has 0 spiro atoms. The van der Waals surface area contributed by atoms with E-state index in [1.807, 2.05) is 25.8 Å². The number of H-pyrrole nitrogens is 1. The van der Waals surface area contributed by atoms with Crippen molar-refractivity contribution in [3.05, 3.63) is 11.6 Å². The number of rotatable bonds is 3. The van der Waals surface area contributed by atoms with Crippen LogP contribution in [0.5, 0.6) is 0 Å². The second-order valence-electron chi connectivity index (χ2n) is 7.01. The maximum absolute atomic E-state index is 12.4. The molecule has 20 heavy (non-hydrogen) atoms. The van der Waals surface area contributed by atoms with Gasteiger partial charge in [0.2, 0.25) is 5.82 Å². The zero-order valence-electron chi connectivity index (χ0n) is 13.2. The molecule has 1 aliphatic rings. The van der Waals surface area contributed by atoms with Crippen molar-refractivity contribution in [3.8, 4) is 0 Å². The van der Waals surface area contributed by atoms with Gasteiger partial charge in [-0.1, -0.05) is 27.7 Å². The molecule has 0 aromatic carbocycles. The molecule has 0 saturated heterocycles. The number of aromatic amines is 1. The highest BCUT2D eigenvalue weighted by molar-refractivity contribution is 5.90. The summed E-state index contributed by atoms with van der Waals surface area (Å²) in [5, 5.41) is 6.90. The summed E-state index contributed by atoms with van der Waals surface area (Å²) >= 11 is 0. The van der Waals surface area contributed by atoms with Gasteiger partial charge in [0.15, 0.2) is 0 Å². The van der Waals surface area contributed by atoms with Crippen LogP contribution < -0.4 is 0 Å². The monoisotopic (exact) mass is 278 g/mol. The van der Waals surface area contributed by atoms with Crippen molar-refractivity contribution in [3.63, 3.8) is 0 Å². The lowest BCUT2D eigenvalue weighted by Crippen LogP contribution is -2.41. The van der Waals surface area contributed by atoms with E-state index >= 15 is 0 Å². The van der Waals surface area contributed by atoms with Crippen LogP contribution in [0.3, 0.4) is 0 Å². The molecular formula is C15H26N4O. The van der Waals surface area contributed by atoms with Gasteiger partial charge in [0.05, 0.1) is 0 Å². The molecule has 1 amide bonds. The Morgan fingerprint density at radius 2 is 1.95 bits per heavy atom. The van der Waals surface area contributed by atoms with Crippen LogP contribution in [0.4, 0.5) is 0 Å². The van der Waals surface area contributed by atoms with Crippen molar-refractivity contribution in [2.45, 2.75) is 65.3 Å². The fraction of sp³-hybridized carbons (Fsp3) is 0.800. The van der Waals surface area contributed by atoms with Crippen molar-refractivity contribution in [2.24, 2.45) is 5.41 Å². The Bertz CT molecular complexity index is 468. The molecule has 1 saturated carbocycles. The van der Waals surface area contributed by atoms with Crippen LogP contribution in [-0.4, -0.2) is 39.1 Å². The van der Waals surface area contributed by atoms with E-state index in [0.717, 1.165) is 18.7 Å². The number of amides is 1. The smallest absolute Gasteiger partial charge is 0.293 e. The van der Waals surface area contributed by atoms with Crippen molar-refractivity contribution in [1.82, 2.24) is 20.1 Å². The SMILES string of the molecule is CC(C)c1nc(C(=O)N(C)C2CCC(C)(C)CC2)n[nH]1. The predicted molar refractivity (Wildman–Crippen MR) is 78.6 cm³/mol. The normalized spacial score (nSPS) is 19.3. The molecule has 0 aliphatic heterocycles. The van der Waals surface area contributed by atoms with E-state index in [1.165, 1.54) is 12.8 Å². The molecule has 0 bridgehead atoms. The van der Waals surface area contributed by atoms with E-state index < -0.39 is 0 Å². The van der Waals surface area contributed by atoms with E-state index in [1.54, 1.807) is 0 Å². The molecule has 5 heteroatoms. The first-order valence-corrected chi connectivity index (χ1v) is 7.49. The quantitative estimate of drug-likeness (QED) is 0.924. The number of carbonyl (C=O) groups excluding carboxylic acids is 1. The van der Waals surface area contributed by atoms with Crippen LogP contribution in [0.25, 0.3) is 0 Å². The lowest BCUT2D eigenvalue weighted by molar-refractivity contribution is 0.0624. The zero-order valence-corrected chi connectivity index (χ0v) is 13.2. The molecule has 1 fully saturated rings. The molecule has 1 aromatic rings. The molecule has 0 radical (unpaired) electrons. The van der Waals surface area contributed by atoms with E-state index in [4.69, 9.17) is 0 Å². The average Bonchev–Trinajstić information content (AvgIpc) is 2.86. The van der Waals surface area contributed by atoms with Crippen LogP contribution in [0.2, 0.25) is 0 Å². The standard InChI is InChI=1S/C15H26N4O/c1-10(2)12-16-13(18-17-12)14(20)19(5)11-6-8-15(3,4)9-7-11/h10-11H,6-9H2,1-5H3,(H,16,17,18). The van der Waals surface area contributed by atoms with Crippen molar-refractivity contribution < 1.29 is 4.79 Å². The maximum atomic E-state index is 12.4. The Morgan fingerprint density at radius 1 is 1.35 bits per heavy atom. The Hall–Kier alpha value is -1.39. The highest BCUT2D eigenvalue weighted by atomic mass is 16.2. The average molecular weight is 278 g/mol. The summed E-state index contributed by atoms with van der Waals surface area (Å²) in [5.41, 5.74) is 0.412. The van der Waals surface area contributed by atoms with Crippen LogP contribution in [0, 0.1) is 5.41 Å². The van der Waals surface area contributed by atoms with Gasteiger partial charge in [-0.2, -0.15) is 0 Å². The highest BCUT2D eigenvalue weighted by Crippen LogP contribution is 2.36. The maximum Gasteiger partial charge on any atom is 0.293 e. The third-order valence-electron chi connectivity index (χ3n) is 4.42. The summed E-state index contributed by atoms with van der Waals surface area (Å²) in [4.78, 5) is 18.5. The minimum atomic E-state index is -0.0714. The van der Waals surface area contributed by atoms with E-state index in [9.17, 15) is 4.79 Å². The number of nitrogens with one attached hydrogen (secondary N) is 1. The first kappa shape index (κ1) is 15.0. The van der Waals surface area contributed by atoms with Gasteiger partial charge in [-0.25, -0.2) is 4.98 Å². The molecule has 112 valence electrons. The summed E-state index contributed by atoms with van der Waals surface area (Å²) in [7, 11) is 1.87. The molecule has 1 N–H and O–H groups in total. The van der Waals surface area contributed by atoms with Crippen molar-refractivity contribution in [2.75, 3.05) is 7.05 Å². The van der Waals surface area contributed by atoms with Gasteiger partial charge < -0.3 is 4.90 Å². The van der Waals surface area contributed by atoms with E-state index in [-0.39, 0.29) is 11.8 Å². The first-order chi connectivity index (χ1) is 9.30. The summed E-state index contributed by atoms with van der Waals surface area (Å²) in [5.74, 6) is 1.25. The van der Waals surface area contributed by atoms with Gasteiger partial charge in [0, 0.05) is 19.0 Å². The minimum absolute atomic E-state index is 0.0714. The Balaban J connectivity index is 2.01.